The van der Waals surface area contributed by atoms with Crippen molar-refractivity contribution < 1.29 is 5.11 Å². The normalized spacial score (nSPS) is 22.6. The third-order valence-corrected chi connectivity index (χ3v) is 3.04. The van der Waals surface area contributed by atoms with Gasteiger partial charge in [-0.25, -0.2) is 0 Å². The molecule has 1 aliphatic heterocycles. The number of nitrogens with zero attached hydrogens (tertiary/aromatic N) is 1. The molecule has 0 spiro atoms. The summed E-state index contributed by atoms with van der Waals surface area (Å²) in [7, 11) is 0. The van der Waals surface area contributed by atoms with Crippen LogP contribution in [0.25, 0.3) is 0 Å². The first kappa shape index (κ1) is 11.0. The molecule has 1 N–H and O–H groups in total. The average molecular weight is 185 g/mol. The van der Waals surface area contributed by atoms with Gasteiger partial charge in [-0.2, -0.15) is 0 Å². The number of aliphatic hydroxyl groups is 1. The van der Waals surface area contributed by atoms with E-state index in [9.17, 15) is 0 Å². The maximum Gasteiger partial charge on any atom is 0.0431 e. The standard InChI is InChI=1S/C11H23NO/c1-11(7-6-10-13)12-8-4-2-3-5-9-12/h11,13H,2-10H2,1H3. The smallest absolute Gasteiger partial charge is 0.0431 e. The second kappa shape index (κ2) is 6.39. The van der Waals surface area contributed by atoms with Crippen molar-refractivity contribution in [1.29, 1.82) is 0 Å². The monoisotopic (exact) mass is 185 g/mol. The van der Waals surface area contributed by atoms with Gasteiger partial charge in [0.1, 0.15) is 0 Å². The third-order valence-electron chi connectivity index (χ3n) is 3.04. The van der Waals surface area contributed by atoms with Crippen LogP contribution in [0.15, 0.2) is 0 Å². The summed E-state index contributed by atoms with van der Waals surface area (Å²) < 4.78 is 0. The molecule has 0 bridgehead atoms. The van der Waals surface area contributed by atoms with E-state index in [4.69, 9.17) is 5.11 Å². The molecule has 13 heavy (non-hydrogen) atoms. The maximum atomic E-state index is 8.75. The number of likely N-dealkylation sites (tertiary alicyclic amines) is 1. The molecule has 2 heteroatoms. The van der Waals surface area contributed by atoms with Crippen LogP contribution in [-0.4, -0.2) is 35.7 Å². The van der Waals surface area contributed by atoms with E-state index in [0.29, 0.717) is 12.6 Å². The highest BCUT2D eigenvalue weighted by Gasteiger charge is 2.14. The lowest BCUT2D eigenvalue weighted by Crippen LogP contribution is -2.33. The first-order valence-electron chi connectivity index (χ1n) is 5.69. The first-order chi connectivity index (χ1) is 6.34. The van der Waals surface area contributed by atoms with E-state index in [2.05, 4.69) is 11.8 Å². The summed E-state index contributed by atoms with van der Waals surface area (Å²) in [5.41, 5.74) is 0. The highest BCUT2D eigenvalue weighted by atomic mass is 16.2. The molecule has 1 unspecified atom stereocenters. The Kier molecular flexibility index (Phi) is 5.40. The molecule has 0 radical (unpaired) electrons. The molecule has 0 aromatic heterocycles. The van der Waals surface area contributed by atoms with Crippen molar-refractivity contribution in [3.05, 3.63) is 0 Å². The fraction of sp³-hybridized carbons (Fsp3) is 1.00. The third kappa shape index (κ3) is 4.10. The van der Waals surface area contributed by atoms with Gasteiger partial charge in [0.25, 0.3) is 0 Å². The summed E-state index contributed by atoms with van der Waals surface area (Å²) >= 11 is 0. The van der Waals surface area contributed by atoms with E-state index < -0.39 is 0 Å². The number of hydrogen-bond donors (Lipinski definition) is 1. The summed E-state index contributed by atoms with van der Waals surface area (Å²) in [6.45, 7) is 5.18. The fourth-order valence-corrected chi connectivity index (χ4v) is 2.11. The zero-order chi connectivity index (χ0) is 9.52. The van der Waals surface area contributed by atoms with Crippen LogP contribution in [0.5, 0.6) is 0 Å². The first-order valence-corrected chi connectivity index (χ1v) is 5.69. The second-order valence-corrected chi connectivity index (χ2v) is 4.17. The molecule has 1 rings (SSSR count). The Hall–Kier alpha value is -0.0800. The summed E-state index contributed by atoms with van der Waals surface area (Å²) in [6, 6.07) is 0.672. The molecule has 0 amide bonds. The topological polar surface area (TPSA) is 23.5 Å². The highest BCUT2D eigenvalue weighted by Crippen LogP contribution is 2.14. The Balaban J connectivity index is 2.22. The van der Waals surface area contributed by atoms with Gasteiger partial charge in [-0.1, -0.05) is 12.8 Å². The lowest BCUT2D eigenvalue weighted by molar-refractivity contribution is 0.190. The Morgan fingerprint density at radius 2 is 1.77 bits per heavy atom. The van der Waals surface area contributed by atoms with Crippen LogP contribution in [-0.2, 0) is 0 Å². The quantitative estimate of drug-likeness (QED) is 0.724. The molecule has 1 atom stereocenters. The summed E-state index contributed by atoms with van der Waals surface area (Å²) in [5, 5.41) is 8.75. The molecular formula is C11H23NO. The van der Waals surface area contributed by atoms with Crippen LogP contribution >= 0.6 is 0 Å². The molecular weight excluding hydrogens is 162 g/mol. The van der Waals surface area contributed by atoms with Gasteiger partial charge in [0.05, 0.1) is 0 Å². The molecule has 78 valence electrons. The second-order valence-electron chi connectivity index (χ2n) is 4.17. The lowest BCUT2D eigenvalue weighted by Gasteiger charge is -2.27. The van der Waals surface area contributed by atoms with Crippen LogP contribution in [0.3, 0.4) is 0 Å². The average Bonchev–Trinajstić information content (AvgIpc) is 2.42. The van der Waals surface area contributed by atoms with Gasteiger partial charge in [0.2, 0.25) is 0 Å². The molecule has 0 aromatic carbocycles. The fourth-order valence-electron chi connectivity index (χ4n) is 2.11. The lowest BCUT2D eigenvalue weighted by atomic mass is 10.1. The van der Waals surface area contributed by atoms with Gasteiger partial charge >= 0.3 is 0 Å². The molecule has 2 nitrogen and oxygen atoms in total. The van der Waals surface area contributed by atoms with Crippen LogP contribution in [0.1, 0.15) is 45.4 Å². The van der Waals surface area contributed by atoms with Crippen molar-refractivity contribution >= 4 is 0 Å². The minimum Gasteiger partial charge on any atom is -0.396 e. The van der Waals surface area contributed by atoms with E-state index in [1.54, 1.807) is 0 Å². The van der Waals surface area contributed by atoms with Crippen molar-refractivity contribution in [3.8, 4) is 0 Å². The van der Waals surface area contributed by atoms with Gasteiger partial charge in [0, 0.05) is 12.6 Å². The van der Waals surface area contributed by atoms with Crippen molar-refractivity contribution in [3.63, 3.8) is 0 Å². The Morgan fingerprint density at radius 1 is 1.15 bits per heavy atom. The molecule has 1 aliphatic rings. The van der Waals surface area contributed by atoms with E-state index in [1.165, 1.54) is 38.8 Å². The summed E-state index contributed by atoms with van der Waals surface area (Å²) in [6.07, 6.45) is 7.65. The largest absolute Gasteiger partial charge is 0.396 e. The molecule has 1 saturated heterocycles. The SMILES string of the molecule is CC(CCCO)N1CCCCCC1. The highest BCUT2D eigenvalue weighted by molar-refractivity contribution is 4.70. The van der Waals surface area contributed by atoms with Gasteiger partial charge in [-0.15, -0.1) is 0 Å². The van der Waals surface area contributed by atoms with Crippen LogP contribution in [0.4, 0.5) is 0 Å². The van der Waals surface area contributed by atoms with Gasteiger partial charge in [0.15, 0.2) is 0 Å². The van der Waals surface area contributed by atoms with Crippen molar-refractivity contribution in [2.45, 2.75) is 51.5 Å². The van der Waals surface area contributed by atoms with Crippen molar-refractivity contribution in [1.82, 2.24) is 4.90 Å². The molecule has 1 fully saturated rings. The number of aliphatic hydroxyl groups excluding tert-OH is 1. The van der Waals surface area contributed by atoms with Crippen molar-refractivity contribution in [2.75, 3.05) is 19.7 Å². The Labute approximate surface area is 81.9 Å². The predicted molar refractivity (Wildman–Crippen MR) is 55.8 cm³/mol. The van der Waals surface area contributed by atoms with Crippen LogP contribution in [0.2, 0.25) is 0 Å². The number of rotatable bonds is 4. The van der Waals surface area contributed by atoms with Gasteiger partial charge in [-0.3, -0.25) is 0 Å². The zero-order valence-electron chi connectivity index (χ0n) is 8.84. The molecule has 1 heterocycles. The summed E-state index contributed by atoms with van der Waals surface area (Å²) in [4.78, 5) is 2.59. The number of hydrogen-bond acceptors (Lipinski definition) is 2. The van der Waals surface area contributed by atoms with E-state index >= 15 is 0 Å². The minimum absolute atomic E-state index is 0.345. The predicted octanol–water partition coefficient (Wildman–Crippen LogP) is 2.02. The summed E-state index contributed by atoms with van der Waals surface area (Å²) in [5.74, 6) is 0. The molecule has 0 aromatic rings. The molecule has 0 saturated carbocycles. The Bertz CT molecular complexity index is 119. The van der Waals surface area contributed by atoms with E-state index in [-0.39, 0.29) is 0 Å². The van der Waals surface area contributed by atoms with Gasteiger partial charge in [-0.05, 0) is 45.7 Å². The van der Waals surface area contributed by atoms with E-state index in [1.807, 2.05) is 0 Å². The van der Waals surface area contributed by atoms with E-state index in [0.717, 1.165) is 12.8 Å². The minimum atomic E-state index is 0.345. The van der Waals surface area contributed by atoms with Crippen molar-refractivity contribution in [2.24, 2.45) is 0 Å². The Morgan fingerprint density at radius 3 is 2.31 bits per heavy atom. The van der Waals surface area contributed by atoms with Crippen LogP contribution in [0, 0.1) is 0 Å². The van der Waals surface area contributed by atoms with Gasteiger partial charge < -0.3 is 10.0 Å². The van der Waals surface area contributed by atoms with Crippen LogP contribution < -0.4 is 0 Å². The maximum absolute atomic E-state index is 8.75. The molecule has 0 aliphatic carbocycles. The zero-order valence-corrected chi connectivity index (χ0v) is 8.84.